The molecular weight excluding hydrogens is 222 g/mol. The van der Waals surface area contributed by atoms with Crippen molar-refractivity contribution >= 4 is 0 Å². The Morgan fingerprint density at radius 2 is 1.72 bits per heavy atom. The average Bonchev–Trinajstić information content (AvgIpc) is 2.49. The van der Waals surface area contributed by atoms with Crippen LogP contribution in [-0.2, 0) is 5.41 Å². The normalized spacial score (nSPS) is 34.6. The number of hydrogen-bond donors (Lipinski definition) is 1. The topological polar surface area (TPSA) is 21.3 Å². The van der Waals surface area contributed by atoms with Gasteiger partial charge in [-0.2, -0.15) is 0 Å². The quantitative estimate of drug-likeness (QED) is 0.882. The van der Waals surface area contributed by atoms with E-state index in [-0.39, 0.29) is 0 Å². The lowest BCUT2D eigenvalue weighted by atomic mass is 9.55. The summed E-state index contributed by atoms with van der Waals surface area (Å²) in [5.41, 5.74) is 2.36. The second-order valence-electron chi connectivity index (χ2n) is 6.04. The Hall–Kier alpha value is -1.02. The number of methoxy groups -OCH3 is 1. The van der Waals surface area contributed by atoms with E-state index in [4.69, 9.17) is 4.74 Å². The van der Waals surface area contributed by atoms with E-state index in [0.717, 1.165) is 5.75 Å². The molecule has 3 aliphatic carbocycles. The molecule has 98 valence electrons. The fourth-order valence-electron chi connectivity index (χ4n) is 3.95. The van der Waals surface area contributed by atoms with Crippen LogP contribution in [0.15, 0.2) is 24.3 Å². The third-order valence-electron chi connectivity index (χ3n) is 5.46. The molecule has 2 nitrogen and oxygen atoms in total. The highest BCUT2D eigenvalue weighted by atomic mass is 16.5. The van der Waals surface area contributed by atoms with E-state index < -0.39 is 0 Å². The lowest BCUT2D eigenvalue weighted by Crippen LogP contribution is -2.54. The Morgan fingerprint density at radius 3 is 2.28 bits per heavy atom. The predicted molar refractivity (Wildman–Crippen MR) is 74.2 cm³/mol. The van der Waals surface area contributed by atoms with E-state index in [9.17, 15) is 0 Å². The van der Waals surface area contributed by atoms with Crippen molar-refractivity contribution in [1.82, 2.24) is 5.32 Å². The number of rotatable bonds is 3. The van der Waals surface area contributed by atoms with Gasteiger partial charge >= 0.3 is 0 Å². The highest BCUT2D eigenvalue weighted by molar-refractivity contribution is 5.35. The Bertz CT molecular complexity index is 416. The fourth-order valence-corrected chi connectivity index (χ4v) is 3.95. The summed E-state index contributed by atoms with van der Waals surface area (Å²) in [6.07, 6.45) is 7.92. The molecule has 0 atom stereocenters. The van der Waals surface area contributed by atoms with Crippen LogP contribution in [-0.4, -0.2) is 19.7 Å². The molecule has 0 heterocycles. The van der Waals surface area contributed by atoms with Crippen LogP contribution in [0, 0.1) is 0 Å². The highest BCUT2D eigenvalue weighted by Gasteiger charge is 2.48. The summed E-state index contributed by atoms with van der Waals surface area (Å²) >= 11 is 0. The van der Waals surface area contributed by atoms with E-state index >= 15 is 0 Å². The minimum absolute atomic E-state index is 0.424. The SMILES string of the molecule is CNC12CCC(c3cccc(OC)c3)(CC1)CC2. The Balaban J connectivity index is 1.89. The van der Waals surface area contributed by atoms with Gasteiger partial charge in [0.25, 0.3) is 0 Å². The fraction of sp³-hybridized carbons (Fsp3) is 0.625. The van der Waals surface area contributed by atoms with Gasteiger partial charge in [0.15, 0.2) is 0 Å². The van der Waals surface area contributed by atoms with Crippen LogP contribution in [0.3, 0.4) is 0 Å². The Kier molecular flexibility index (Phi) is 2.86. The van der Waals surface area contributed by atoms with E-state index in [1.807, 2.05) is 6.07 Å². The van der Waals surface area contributed by atoms with Crippen molar-refractivity contribution in [1.29, 1.82) is 0 Å². The molecule has 18 heavy (non-hydrogen) atoms. The van der Waals surface area contributed by atoms with Crippen molar-refractivity contribution in [3.8, 4) is 5.75 Å². The zero-order valence-corrected chi connectivity index (χ0v) is 11.5. The Morgan fingerprint density at radius 1 is 1.06 bits per heavy atom. The zero-order valence-electron chi connectivity index (χ0n) is 11.5. The number of fused-ring (bicyclic) bond motifs is 3. The molecule has 1 N–H and O–H groups in total. The molecule has 4 rings (SSSR count). The monoisotopic (exact) mass is 245 g/mol. The number of benzene rings is 1. The maximum absolute atomic E-state index is 5.38. The number of nitrogens with one attached hydrogen (secondary N) is 1. The molecule has 0 unspecified atom stereocenters. The molecular formula is C16H23NO. The van der Waals surface area contributed by atoms with Crippen LogP contribution < -0.4 is 10.1 Å². The van der Waals surface area contributed by atoms with Crippen molar-refractivity contribution in [3.05, 3.63) is 29.8 Å². The van der Waals surface area contributed by atoms with Crippen LogP contribution >= 0.6 is 0 Å². The summed E-state index contributed by atoms with van der Waals surface area (Å²) in [5, 5.41) is 3.57. The molecule has 3 fully saturated rings. The first kappa shape index (κ1) is 12.0. The van der Waals surface area contributed by atoms with Gasteiger partial charge in [-0.15, -0.1) is 0 Å². The van der Waals surface area contributed by atoms with Gasteiger partial charge in [0.2, 0.25) is 0 Å². The van der Waals surface area contributed by atoms with Crippen LogP contribution in [0.25, 0.3) is 0 Å². The second kappa shape index (κ2) is 4.27. The zero-order chi connectivity index (χ0) is 12.6. The lowest BCUT2D eigenvalue weighted by molar-refractivity contribution is 0.0833. The van der Waals surface area contributed by atoms with Crippen molar-refractivity contribution < 1.29 is 4.74 Å². The summed E-state index contributed by atoms with van der Waals surface area (Å²) in [6, 6.07) is 8.72. The molecule has 3 aliphatic rings. The first-order valence-electron chi connectivity index (χ1n) is 7.06. The summed E-state index contributed by atoms with van der Waals surface area (Å²) in [4.78, 5) is 0. The largest absolute Gasteiger partial charge is 0.497 e. The van der Waals surface area contributed by atoms with E-state index in [1.54, 1.807) is 7.11 Å². The molecule has 0 spiro atoms. The van der Waals surface area contributed by atoms with Crippen LogP contribution in [0.2, 0.25) is 0 Å². The van der Waals surface area contributed by atoms with Gasteiger partial charge in [-0.3, -0.25) is 0 Å². The van der Waals surface area contributed by atoms with Gasteiger partial charge in [-0.1, -0.05) is 12.1 Å². The number of hydrogen-bond acceptors (Lipinski definition) is 2. The molecule has 1 aromatic rings. The smallest absolute Gasteiger partial charge is 0.119 e. The first-order valence-corrected chi connectivity index (χ1v) is 7.06. The van der Waals surface area contributed by atoms with Gasteiger partial charge in [-0.25, -0.2) is 0 Å². The summed E-state index contributed by atoms with van der Waals surface area (Å²) in [7, 11) is 3.88. The third kappa shape index (κ3) is 1.74. The van der Waals surface area contributed by atoms with Crippen LogP contribution in [0.4, 0.5) is 0 Å². The maximum atomic E-state index is 5.38. The molecule has 1 aromatic carbocycles. The van der Waals surface area contributed by atoms with E-state index in [2.05, 4.69) is 30.6 Å². The molecule has 3 saturated carbocycles. The summed E-state index contributed by atoms with van der Waals surface area (Å²) in [5.74, 6) is 0.998. The van der Waals surface area contributed by atoms with Crippen molar-refractivity contribution in [3.63, 3.8) is 0 Å². The molecule has 2 heteroatoms. The molecule has 0 radical (unpaired) electrons. The van der Waals surface area contributed by atoms with Crippen molar-refractivity contribution in [2.75, 3.05) is 14.2 Å². The summed E-state index contributed by atoms with van der Waals surface area (Å²) < 4.78 is 5.38. The maximum Gasteiger partial charge on any atom is 0.119 e. The third-order valence-corrected chi connectivity index (χ3v) is 5.46. The molecule has 0 aliphatic heterocycles. The standard InChI is InChI=1S/C16H23NO/c1-17-16-9-6-15(7-10-16,8-11-16)13-4-3-5-14(12-13)18-2/h3-5,12,17H,6-11H2,1-2H3. The minimum Gasteiger partial charge on any atom is -0.497 e. The van der Waals surface area contributed by atoms with Crippen molar-refractivity contribution in [2.45, 2.75) is 49.5 Å². The van der Waals surface area contributed by atoms with Gasteiger partial charge in [0.1, 0.15) is 5.75 Å². The number of ether oxygens (including phenoxy) is 1. The molecule has 0 amide bonds. The lowest BCUT2D eigenvalue weighted by Gasteiger charge is -2.54. The molecule has 0 saturated heterocycles. The van der Waals surface area contributed by atoms with Gasteiger partial charge < -0.3 is 10.1 Å². The predicted octanol–water partition coefficient (Wildman–Crippen LogP) is 3.26. The molecule has 0 aromatic heterocycles. The van der Waals surface area contributed by atoms with E-state index in [1.165, 1.54) is 44.1 Å². The minimum atomic E-state index is 0.424. The Labute approximate surface area is 110 Å². The van der Waals surface area contributed by atoms with Gasteiger partial charge in [0, 0.05) is 5.54 Å². The first-order chi connectivity index (χ1) is 8.72. The average molecular weight is 245 g/mol. The van der Waals surface area contributed by atoms with E-state index in [0.29, 0.717) is 11.0 Å². The highest BCUT2D eigenvalue weighted by Crippen LogP contribution is 2.53. The molecule has 2 bridgehead atoms. The van der Waals surface area contributed by atoms with Crippen molar-refractivity contribution in [2.24, 2.45) is 0 Å². The summed E-state index contributed by atoms with van der Waals surface area (Å²) in [6.45, 7) is 0. The van der Waals surface area contributed by atoms with Gasteiger partial charge in [0.05, 0.1) is 7.11 Å². The van der Waals surface area contributed by atoms with Crippen LogP contribution in [0.5, 0.6) is 5.75 Å². The second-order valence-corrected chi connectivity index (χ2v) is 6.04. The van der Waals surface area contributed by atoms with Crippen LogP contribution in [0.1, 0.15) is 44.1 Å². The van der Waals surface area contributed by atoms with Gasteiger partial charge in [-0.05, 0) is 68.7 Å².